The Kier molecular flexibility index (Phi) is 6.19. The zero-order valence-electron chi connectivity index (χ0n) is 15.2. The quantitative estimate of drug-likeness (QED) is 0.367. The van der Waals surface area contributed by atoms with Gasteiger partial charge in [0, 0.05) is 0 Å². The number of hydrogen-bond donors (Lipinski definition) is 1. The zero-order valence-corrected chi connectivity index (χ0v) is 18.2. The van der Waals surface area contributed by atoms with Crippen molar-refractivity contribution in [2.45, 2.75) is 31.6 Å². The van der Waals surface area contributed by atoms with Gasteiger partial charge in [0.2, 0.25) is 0 Å². The molecule has 2 aromatic rings. The first-order valence-corrected chi connectivity index (χ1v) is 12.9. The molecule has 2 aromatic carbocycles. The third kappa shape index (κ3) is 4.68. The van der Waals surface area contributed by atoms with Crippen LogP contribution in [0.25, 0.3) is 0 Å². The van der Waals surface area contributed by atoms with Crippen LogP contribution in [0.3, 0.4) is 0 Å². The van der Waals surface area contributed by atoms with Crippen molar-refractivity contribution in [2.75, 3.05) is 13.1 Å². The topological polar surface area (TPSA) is 89.7 Å². The van der Waals surface area contributed by atoms with Gasteiger partial charge in [-0.25, -0.2) is 8.42 Å². The minimum absolute atomic E-state index is 0.178. The molecule has 8 heteroatoms. The number of benzene rings is 2. The number of halogens is 1. The van der Waals surface area contributed by atoms with E-state index < -0.39 is 30.8 Å². The van der Waals surface area contributed by atoms with E-state index in [0.29, 0.717) is 0 Å². The molecule has 0 aromatic heterocycles. The third-order valence-corrected chi connectivity index (χ3v) is 8.47. The molecule has 2 aliphatic heterocycles. The second-order valence-electron chi connectivity index (χ2n) is 6.51. The van der Waals surface area contributed by atoms with Gasteiger partial charge >= 0.3 is 103 Å². The van der Waals surface area contributed by atoms with Crippen LogP contribution in [0.1, 0.15) is 29.5 Å². The number of aryl methyl sites for hydroxylation is 2. The molecule has 27 heavy (non-hydrogen) atoms. The standard InChI is InChI=1S/C12H15INO2.C7H8O3S/c1-9-5-4-6-10-11(9)13(15)16-12(10)14-7-2-3-8-14;1-6-2-4-7(5-3-6)11(8,9)10/h4-6,15H,2-3,7-8H2,1H3;2-5H,1H3,(H,8,9,10)/q+1;/p-1. The molecular formula is C19H22INO5S. The molecule has 1 N–H and O–H groups in total. The first-order valence-electron chi connectivity index (χ1n) is 8.59. The van der Waals surface area contributed by atoms with Crippen LogP contribution in [0.4, 0.5) is 0 Å². The Bertz CT molecular complexity index is 962. The molecule has 0 spiro atoms. The zero-order chi connectivity index (χ0) is 19.6. The van der Waals surface area contributed by atoms with Crippen LogP contribution in [-0.2, 0) is 13.2 Å². The Morgan fingerprint density at radius 3 is 2.30 bits per heavy atom. The summed E-state index contributed by atoms with van der Waals surface area (Å²) in [5, 5.41) is 0. The first kappa shape index (κ1) is 20.2. The molecule has 0 unspecified atom stereocenters. The summed E-state index contributed by atoms with van der Waals surface area (Å²) in [7, 11) is -4.27. The first-order chi connectivity index (χ1) is 12.8. The summed E-state index contributed by atoms with van der Waals surface area (Å²) >= 11 is -2.36. The summed E-state index contributed by atoms with van der Waals surface area (Å²) in [6.07, 6.45) is 2.46. The normalized spacial score (nSPS) is 17.3. The summed E-state index contributed by atoms with van der Waals surface area (Å²) < 4.78 is 50.4. The van der Waals surface area contributed by atoms with Gasteiger partial charge in [-0.1, -0.05) is 17.7 Å². The minimum atomic E-state index is -4.27. The SMILES string of the molecule is Cc1ccc(S(=O)(=O)[O-])cc1.Cc1cccc2c1I(O)OC2=[N+]1CCCC1. The van der Waals surface area contributed by atoms with Crippen molar-refractivity contribution in [3.8, 4) is 0 Å². The summed E-state index contributed by atoms with van der Waals surface area (Å²) in [5.41, 5.74) is 3.23. The van der Waals surface area contributed by atoms with E-state index in [1.165, 1.54) is 30.5 Å². The maximum absolute atomic E-state index is 10.4. The summed E-state index contributed by atoms with van der Waals surface area (Å²) in [6, 6.07) is 12.0. The van der Waals surface area contributed by atoms with Crippen molar-refractivity contribution < 1.29 is 24.0 Å². The van der Waals surface area contributed by atoms with Crippen LogP contribution in [0, 0.1) is 17.4 Å². The monoisotopic (exact) mass is 503 g/mol. The Hall–Kier alpha value is -1.49. The average Bonchev–Trinajstić information content (AvgIpc) is 3.24. The van der Waals surface area contributed by atoms with Crippen molar-refractivity contribution in [1.29, 1.82) is 0 Å². The van der Waals surface area contributed by atoms with E-state index in [-0.39, 0.29) is 4.90 Å². The van der Waals surface area contributed by atoms with Crippen LogP contribution >= 0.6 is 20.6 Å². The summed E-state index contributed by atoms with van der Waals surface area (Å²) in [4.78, 5) is -0.178. The maximum atomic E-state index is 10.4. The number of nitrogens with zero attached hydrogens (tertiary/aromatic N) is 1. The molecule has 6 nitrogen and oxygen atoms in total. The van der Waals surface area contributed by atoms with Crippen molar-refractivity contribution in [2.24, 2.45) is 0 Å². The number of fused-ring (bicyclic) bond motifs is 1. The molecule has 1 fully saturated rings. The van der Waals surface area contributed by atoms with Gasteiger partial charge in [0.15, 0.2) is 0 Å². The van der Waals surface area contributed by atoms with Crippen molar-refractivity contribution in [3.05, 3.63) is 62.7 Å². The van der Waals surface area contributed by atoms with Crippen LogP contribution in [0.5, 0.6) is 0 Å². The van der Waals surface area contributed by atoms with Gasteiger partial charge in [0.1, 0.15) is 10.1 Å². The Morgan fingerprint density at radius 2 is 1.70 bits per heavy atom. The van der Waals surface area contributed by atoms with Gasteiger partial charge in [-0.2, -0.15) is 0 Å². The molecule has 2 heterocycles. The molecular weight excluding hydrogens is 481 g/mol. The second-order valence-corrected chi connectivity index (χ2v) is 10.7. The van der Waals surface area contributed by atoms with E-state index in [9.17, 15) is 16.4 Å². The van der Waals surface area contributed by atoms with Crippen LogP contribution in [-0.4, -0.2) is 40.0 Å². The molecule has 0 bridgehead atoms. The predicted octanol–water partition coefficient (Wildman–Crippen LogP) is 2.98. The van der Waals surface area contributed by atoms with Gasteiger partial charge in [-0.3, -0.25) is 0 Å². The van der Waals surface area contributed by atoms with E-state index in [1.807, 2.05) is 13.0 Å². The van der Waals surface area contributed by atoms with Crippen molar-refractivity contribution in [1.82, 2.24) is 0 Å². The van der Waals surface area contributed by atoms with Crippen molar-refractivity contribution in [3.63, 3.8) is 0 Å². The second kappa shape index (κ2) is 8.26. The Morgan fingerprint density at radius 1 is 1.07 bits per heavy atom. The fourth-order valence-corrected chi connectivity index (χ4v) is 6.44. The number of rotatable bonds is 1. The summed E-state index contributed by atoms with van der Waals surface area (Å²) in [6.45, 7) is 6.00. The molecule has 0 radical (unpaired) electrons. The molecule has 0 saturated carbocycles. The Labute approximate surface area is 167 Å². The van der Waals surface area contributed by atoms with Crippen LogP contribution in [0.2, 0.25) is 0 Å². The fourth-order valence-electron chi connectivity index (χ4n) is 3.02. The molecule has 0 aliphatic carbocycles. The summed E-state index contributed by atoms with van der Waals surface area (Å²) in [5.74, 6) is 0.934. The molecule has 2 aliphatic rings. The Balaban J connectivity index is 0.000000168. The van der Waals surface area contributed by atoms with E-state index >= 15 is 0 Å². The fraction of sp³-hybridized carbons (Fsp3) is 0.316. The van der Waals surface area contributed by atoms with Crippen molar-refractivity contribution >= 4 is 36.7 Å². The molecule has 4 rings (SSSR count). The predicted molar refractivity (Wildman–Crippen MR) is 110 cm³/mol. The van der Waals surface area contributed by atoms with Crippen LogP contribution < -0.4 is 0 Å². The third-order valence-electron chi connectivity index (χ3n) is 4.43. The van der Waals surface area contributed by atoms with E-state index in [1.54, 1.807) is 12.1 Å². The molecule has 0 amide bonds. The van der Waals surface area contributed by atoms with Crippen LogP contribution in [0.15, 0.2) is 47.4 Å². The van der Waals surface area contributed by atoms with Gasteiger partial charge in [-0.05, 0) is 19.1 Å². The van der Waals surface area contributed by atoms with Gasteiger partial charge in [0.05, 0.1) is 4.90 Å². The van der Waals surface area contributed by atoms with Gasteiger partial charge < -0.3 is 4.55 Å². The molecule has 146 valence electrons. The van der Waals surface area contributed by atoms with E-state index in [4.69, 9.17) is 3.07 Å². The van der Waals surface area contributed by atoms with Gasteiger partial charge in [0.25, 0.3) is 0 Å². The van der Waals surface area contributed by atoms with Gasteiger partial charge in [-0.15, -0.1) is 0 Å². The van der Waals surface area contributed by atoms with E-state index in [0.717, 1.165) is 33.7 Å². The molecule has 0 atom stereocenters. The van der Waals surface area contributed by atoms with E-state index in [2.05, 4.69) is 23.6 Å². The molecule has 1 saturated heterocycles. The number of hydrogen-bond acceptors (Lipinski definition) is 5. The average molecular weight is 503 g/mol.